The maximum absolute atomic E-state index is 12.6. The number of carbonyl (C=O) groups excluding carboxylic acids is 1. The van der Waals surface area contributed by atoms with Crippen molar-refractivity contribution in [3.8, 4) is 17.2 Å². The van der Waals surface area contributed by atoms with E-state index < -0.39 is 0 Å². The third kappa shape index (κ3) is 5.02. The van der Waals surface area contributed by atoms with Crippen LogP contribution in [0.25, 0.3) is 0 Å². The Morgan fingerprint density at radius 3 is 2.83 bits per heavy atom. The van der Waals surface area contributed by atoms with Crippen LogP contribution in [0.4, 0.5) is 0 Å². The van der Waals surface area contributed by atoms with E-state index in [1.54, 1.807) is 30.5 Å². The molecular weight excluding hydrogens is 456 g/mol. The first-order valence-electron chi connectivity index (χ1n) is 8.88. The summed E-state index contributed by atoms with van der Waals surface area (Å²) < 4.78 is 17.3. The molecule has 148 valence electrons. The molecule has 0 saturated heterocycles. The van der Waals surface area contributed by atoms with E-state index in [1.165, 1.54) is 11.8 Å². The summed E-state index contributed by atoms with van der Waals surface area (Å²) in [4.78, 5) is 18.0. The van der Waals surface area contributed by atoms with E-state index in [0.717, 1.165) is 9.37 Å². The number of benzene rings is 2. The number of amides is 1. The van der Waals surface area contributed by atoms with Crippen LogP contribution >= 0.6 is 27.7 Å². The molecule has 2 aromatic carbocycles. The molecule has 1 aliphatic rings. The van der Waals surface area contributed by atoms with Crippen molar-refractivity contribution in [2.45, 2.75) is 9.92 Å². The van der Waals surface area contributed by atoms with Gasteiger partial charge in [-0.3, -0.25) is 4.79 Å². The lowest BCUT2D eigenvalue weighted by Crippen LogP contribution is -2.28. The summed E-state index contributed by atoms with van der Waals surface area (Å²) in [7, 11) is 0. The molecule has 4 rings (SSSR count). The summed E-state index contributed by atoms with van der Waals surface area (Å²) in [5.74, 6) is 1.85. The lowest BCUT2D eigenvalue weighted by Gasteiger charge is -2.10. The Morgan fingerprint density at radius 1 is 1.14 bits per heavy atom. The minimum atomic E-state index is -0.188. The van der Waals surface area contributed by atoms with E-state index in [1.807, 2.05) is 30.3 Å². The van der Waals surface area contributed by atoms with Crippen molar-refractivity contribution in [1.82, 2.24) is 10.3 Å². The number of nitrogens with one attached hydrogen (secondary N) is 1. The average molecular weight is 473 g/mol. The summed E-state index contributed by atoms with van der Waals surface area (Å²) in [6, 6.07) is 16.8. The minimum Gasteiger partial charge on any atom is -0.492 e. The fourth-order valence-electron chi connectivity index (χ4n) is 2.65. The first-order chi connectivity index (χ1) is 14.2. The Kier molecular flexibility index (Phi) is 6.21. The van der Waals surface area contributed by atoms with E-state index in [2.05, 4.69) is 26.2 Å². The van der Waals surface area contributed by atoms with Gasteiger partial charge in [0.15, 0.2) is 11.5 Å². The van der Waals surface area contributed by atoms with Crippen LogP contribution in [-0.2, 0) is 0 Å². The molecule has 0 atom stereocenters. The number of aromatic nitrogens is 1. The second-order valence-electron chi connectivity index (χ2n) is 6.03. The van der Waals surface area contributed by atoms with Crippen molar-refractivity contribution in [1.29, 1.82) is 0 Å². The van der Waals surface area contributed by atoms with E-state index >= 15 is 0 Å². The fraction of sp³-hybridized carbons (Fsp3) is 0.143. The topological polar surface area (TPSA) is 69.7 Å². The van der Waals surface area contributed by atoms with Crippen LogP contribution in [0.15, 0.2) is 75.2 Å². The van der Waals surface area contributed by atoms with Gasteiger partial charge in [-0.15, -0.1) is 0 Å². The highest BCUT2D eigenvalue weighted by Gasteiger charge is 2.15. The average Bonchev–Trinajstić information content (AvgIpc) is 3.21. The second kappa shape index (κ2) is 9.19. The first kappa shape index (κ1) is 19.6. The third-order valence-corrected chi connectivity index (χ3v) is 5.60. The lowest BCUT2D eigenvalue weighted by atomic mass is 10.2. The molecule has 1 amide bonds. The third-order valence-electron chi connectivity index (χ3n) is 4.04. The smallest absolute Gasteiger partial charge is 0.254 e. The van der Waals surface area contributed by atoms with Crippen molar-refractivity contribution in [2.24, 2.45) is 0 Å². The molecule has 8 heteroatoms. The van der Waals surface area contributed by atoms with E-state index in [4.69, 9.17) is 14.2 Å². The van der Waals surface area contributed by atoms with E-state index in [-0.39, 0.29) is 12.7 Å². The summed E-state index contributed by atoms with van der Waals surface area (Å²) in [5, 5.41) is 3.53. The molecule has 0 spiro atoms. The summed E-state index contributed by atoms with van der Waals surface area (Å²) in [5.41, 5.74) is 0.531. The molecule has 0 unspecified atom stereocenters. The van der Waals surface area contributed by atoms with Crippen LogP contribution in [-0.4, -0.2) is 30.8 Å². The predicted molar refractivity (Wildman–Crippen MR) is 113 cm³/mol. The summed E-state index contributed by atoms with van der Waals surface area (Å²) in [6.45, 7) is 0.923. The van der Waals surface area contributed by atoms with E-state index in [9.17, 15) is 4.79 Å². The normalized spacial score (nSPS) is 11.9. The number of rotatable bonds is 7. The molecule has 1 aromatic heterocycles. The highest BCUT2D eigenvalue weighted by Crippen LogP contribution is 2.35. The van der Waals surface area contributed by atoms with Gasteiger partial charge in [-0.2, -0.15) is 0 Å². The van der Waals surface area contributed by atoms with Crippen molar-refractivity contribution in [3.05, 3.63) is 70.8 Å². The van der Waals surface area contributed by atoms with Crippen molar-refractivity contribution in [2.75, 3.05) is 19.9 Å². The number of carbonyl (C=O) groups is 1. The molecule has 29 heavy (non-hydrogen) atoms. The number of halogens is 1. The molecule has 0 bridgehead atoms. The van der Waals surface area contributed by atoms with Crippen LogP contribution in [0.5, 0.6) is 17.2 Å². The number of nitrogens with zero attached hydrogens (tertiary/aromatic N) is 1. The molecule has 0 aliphatic carbocycles. The SMILES string of the molecule is O=C(NCCOc1ccc2c(c1)OCO2)c1cccnc1Sc1ccc(Br)cc1. The molecular formula is C21H17BrN2O4S. The number of hydrogen-bond acceptors (Lipinski definition) is 6. The Labute approximate surface area is 180 Å². The van der Waals surface area contributed by atoms with Crippen molar-refractivity contribution < 1.29 is 19.0 Å². The zero-order valence-corrected chi connectivity index (χ0v) is 17.7. The molecule has 1 aliphatic heterocycles. The summed E-state index contributed by atoms with van der Waals surface area (Å²) >= 11 is 4.87. The van der Waals surface area contributed by atoms with Crippen LogP contribution in [0.2, 0.25) is 0 Å². The van der Waals surface area contributed by atoms with Gasteiger partial charge in [0.2, 0.25) is 6.79 Å². The van der Waals surface area contributed by atoms with Gasteiger partial charge in [0, 0.05) is 21.6 Å². The maximum Gasteiger partial charge on any atom is 0.254 e. The van der Waals surface area contributed by atoms with Crippen LogP contribution in [0.3, 0.4) is 0 Å². The van der Waals surface area contributed by atoms with Gasteiger partial charge in [-0.25, -0.2) is 4.98 Å². The Bertz CT molecular complexity index is 1010. The largest absolute Gasteiger partial charge is 0.492 e. The van der Waals surface area contributed by atoms with Gasteiger partial charge in [-0.05, 0) is 48.5 Å². The standard InChI is InChI=1S/C21H17BrN2O4S/c22-14-3-6-16(7-4-14)29-21-17(2-1-9-24-21)20(25)23-10-11-26-15-5-8-18-19(12-15)28-13-27-18/h1-9,12H,10-11,13H2,(H,23,25). The molecule has 2 heterocycles. The number of hydrogen-bond donors (Lipinski definition) is 1. The van der Waals surface area contributed by atoms with Crippen LogP contribution < -0.4 is 19.5 Å². The summed E-state index contributed by atoms with van der Waals surface area (Å²) in [6.07, 6.45) is 1.68. The van der Waals surface area contributed by atoms with Crippen molar-refractivity contribution in [3.63, 3.8) is 0 Å². The van der Waals surface area contributed by atoms with Gasteiger partial charge in [0.25, 0.3) is 5.91 Å². The van der Waals surface area contributed by atoms with Gasteiger partial charge in [0.05, 0.1) is 12.1 Å². The monoisotopic (exact) mass is 472 g/mol. The second-order valence-corrected chi connectivity index (χ2v) is 8.01. The Hall–Kier alpha value is -2.71. The number of fused-ring (bicyclic) bond motifs is 1. The lowest BCUT2D eigenvalue weighted by molar-refractivity contribution is 0.0943. The molecule has 1 N–H and O–H groups in total. The zero-order valence-electron chi connectivity index (χ0n) is 15.3. The minimum absolute atomic E-state index is 0.188. The van der Waals surface area contributed by atoms with E-state index in [0.29, 0.717) is 41.0 Å². The number of pyridine rings is 1. The first-order valence-corrected chi connectivity index (χ1v) is 10.5. The van der Waals surface area contributed by atoms with Gasteiger partial charge < -0.3 is 19.5 Å². The van der Waals surface area contributed by atoms with Crippen molar-refractivity contribution >= 4 is 33.6 Å². The van der Waals surface area contributed by atoms with Crippen LogP contribution in [0, 0.1) is 0 Å². The highest BCUT2D eigenvalue weighted by molar-refractivity contribution is 9.10. The number of ether oxygens (including phenoxy) is 3. The molecule has 6 nitrogen and oxygen atoms in total. The van der Waals surface area contributed by atoms with Gasteiger partial charge in [0.1, 0.15) is 17.4 Å². The molecule has 0 saturated carbocycles. The quantitative estimate of drug-likeness (QED) is 0.509. The van der Waals surface area contributed by atoms with Crippen LogP contribution in [0.1, 0.15) is 10.4 Å². The highest BCUT2D eigenvalue weighted by atomic mass is 79.9. The van der Waals surface area contributed by atoms with Gasteiger partial charge in [-0.1, -0.05) is 27.7 Å². The molecule has 0 radical (unpaired) electrons. The Morgan fingerprint density at radius 2 is 1.97 bits per heavy atom. The fourth-order valence-corrected chi connectivity index (χ4v) is 3.80. The maximum atomic E-state index is 12.6. The zero-order chi connectivity index (χ0) is 20.1. The Balaban J connectivity index is 1.32. The molecule has 3 aromatic rings. The molecule has 0 fully saturated rings. The predicted octanol–water partition coefficient (Wildman–Crippen LogP) is 4.53. The van der Waals surface area contributed by atoms with Gasteiger partial charge >= 0.3 is 0 Å².